The van der Waals surface area contributed by atoms with Crippen LogP contribution in [0.3, 0.4) is 0 Å². The summed E-state index contributed by atoms with van der Waals surface area (Å²) in [7, 11) is 0. The van der Waals surface area contributed by atoms with Crippen LogP contribution >= 0.6 is 11.5 Å². The van der Waals surface area contributed by atoms with Gasteiger partial charge in [-0.25, -0.2) is 4.98 Å². The van der Waals surface area contributed by atoms with E-state index < -0.39 is 0 Å². The first-order chi connectivity index (χ1) is 7.79. The Bertz CT molecular complexity index is 341. The molecule has 0 radical (unpaired) electrons. The molecule has 1 unspecified atom stereocenters. The van der Waals surface area contributed by atoms with E-state index in [1.807, 2.05) is 0 Å². The van der Waals surface area contributed by atoms with Crippen LogP contribution in [-0.2, 0) is 5.41 Å². The van der Waals surface area contributed by atoms with Gasteiger partial charge in [0, 0.05) is 29.5 Å². The summed E-state index contributed by atoms with van der Waals surface area (Å²) in [5.41, 5.74) is 6.02. The number of hydrogen-bond donors (Lipinski definition) is 2. The van der Waals surface area contributed by atoms with Gasteiger partial charge in [0.05, 0.1) is 0 Å². The number of nitrogens with zero attached hydrogens (tertiary/aromatic N) is 2. The normalized spacial score (nSPS) is 14.1. The van der Waals surface area contributed by atoms with Crippen molar-refractivity contribution in [1.29, 1.82) is 0 Å². The first-order valence-electron chi connectivity index (χ1n) is 6.12. The standard InChI is InChI=1S/C12H24N4S/c1-8(2)6-9(13)7-14-11-15-10(16-17-11)12(3,4)5/h8-9H,6-7,13H2,1-5H3,(H,14,15,16). The lowest BCUT2D eigenvalue weighted by Gasteiger charge is -2.14. The zero-order valence-corrected chi connectivity index (χ0v) is 12.3. The SMILES string of the molecule is CC(C)CC(N)CNc1nc(C(C)(C)C)ns1. The van der Waals surface area contributed by atoms with Crippen molar-refractivity contribution in [1.82, 2.24) is 9.36 Å². The third-order valence-corrected chi connectivity index (χ3v) is 3.06. The van der Waals surface area contributed by atoms with Crippen LogP contribution in [0, 0.1) is 5.92 Å². The number of nitrogens with one attached hydrogen (secondary N) is 1. The Kier molecular flexibility index (Phi) is 4.89. The van der Waals surface area contributed by atoms with E-state index in [1.165, 1.54) is 11.5 Å². The Morgan fingerprint density at radius 3 is 2.47 bits per heavy atom. The zero-order chi connectivity index (χ0) is 13.1. The summed E-state index contributed by atoms with van der Waals surface area (Å²) in [4.78, 5) is 4.47. The first kappa shape index (κ1) is 14.4. The topological polar surface area (TPSA) is 63.8 Å². The van der Waals surface area contributed by atoms with E-state index in [1.54, 1.807) is 0 Å². The largest absolute Gasteiger partial charge is 0.359 e. The van der Waals surface area contributed by atoms with Crippen molar-refractivity contribution >= 4 is 16.7 Å². The van der Waals surface area contributed by atoms with Crippen molar-refractivity contribution in [2.75, 3.05) is 11.9 Å². The van der Waals surface area contributed by atoms with Crippen LogP contribution in [0.1, 0.15) is 46.9 Å². The molecule has 0 fully saturated rings. The Morgan fingerprint density at radius 1 is 1.35 bits per heavy atom. The van der Waals surface area contributed by atoms with Gasteiger partial charge >= 0.3 is 0 Å². The fourth-order valence-corrected chi connectivity index (χ4v) is 2.27. The van der Waals surface area contributed by atoms with Crippen molar-refractivity contribution in [2.45, 2.75) is 52.5 Å². The minimum atomic E-state index is 0.0104. The van der Waals surface area contributed by atoms with Gasteiger partial charge in [0.1, 0.15) is 5.82 Å². The maximum absolute atomic E-state index is 6.01. The molecular weight excluding hydrogens is 232 g/mol. The van der Waals surface area contributed by atoms with Crippen molar-refractivity contribution in [3.8, 4) is 0 Å². The van der Waals surface area contributed by atoms with Crippen LogP contribution in [0.4, 0.5) is 5.13 Å². The van der Waals surface area contributed by atoms with E-state index in [0.29, 0.717) is 5.92 Å². The number of aromatic nitrogens is 2. The Labute approximate surface area is 108 Å². The highest BCUT2D eigenvalue weighted by Gasteiger charge is 2.19. The van der Waals surface area contributed by atoms with Gasteiger partial charge in [-0.2, -0.15) is 4.37 Å². The predicted octanol–water partition coefficient (Wildman–Crippen LogP) is 2.62. The molecule has 1 rings (SSSR count). The molecular formula is C12H24N4S. The van der Waals surface area contributed by atoms with E-state index in [2.05, 4.69) is 49.3 Å². The van der Waals surface area contributed by atoms with E-state index in [9.17, 15) is 0 Å². The van der Waals surface area contributed by atoms with Gasteiger partial charge in [-0.05, 0) is 12.3 Å². The fraction of sp³-hybridized carbons (Fsp3) is 0.833. The summed E-state index contributed by atoms with van der Waals surface area (Å²) in [6, 6.07) is 0.178. The molecule has 98 valence electrons. The molecule has 0 amide bonds. The summed E-state index contributed by atoms with van der Waals surface area (Å²) in [6.07, 6.45) is 1.03. The van der Waals surface area contributed by atoms with Crippen LogP contribution in [0.2, 0.25) is 0 Å². The van der Waals surface area contributed by atoms with Crippen LogP contribution in [0.5, 0.6) is 0 Å². The summed E-state index contributed by atoms with van der Waals surface area (Å²) in [6.45, 7) is 11.5. The average molecular weight is 256 g/mol. The molecule has 0 bridgehead atoms. The maximum Gasteiger partial charge on any atom is 0.202 e. The van der Waals surface area contributed by atoms with Crippen molar-refractivity contribution in [2.24, 2.45) is 11.7 Å². The second kappa shape index (κ2) is 5.78. The molecule has 1 aromatic heterocycles. The molecule has 3 N–H and O–H groups in total. The highest BCUT2D eigenvalue weighted by molar-refractivity contribution is 7.09. The highest BCUT2D eigenvalue weighted by atomic mass is 32.1. The van der Waals surface area contributed by atoms with Gasteiger partial charge in [0.15, 0.2) is 0 Å². The monoisotopic (exact) mass is 256 g/mol. The van der Waals surface area contributed by atoms with E-state index >= 15 is 0 Å². The van der Waals surface area contributed by atoms with Gasteiger partial charge in [0.25, 0.3) is 0 Å². The Balaban J connectivity index is 2.45. The smallest absolute Gasteiger partial charge is 0.202 e. The molecule has 5 heteroatoms. The first-order valence-corrected chi connectivity index (χ1v) is 6.90. The fourth-order valence-electron chi connectivity index (χ4n) is 1.51. The van der Waals surface area contributed by atoms with Crippen molar-refractivity contribution in [3.63, 3.8) is 0 Å². The van der Waals surface area contributed by atoms with E-state index in [0.717, 1.165) is 23.9 Å². The lowest BCUT2D eigenvalue weighted by Crippen LogP contribution is -2.30. The molecule has 17 heavy (non-hydrogen) atoms. The molecule has 1 heterocycles. The Morgan fingerprint density at radius 2 is 2.00 bits per heavy atom. The van der Waals surface area contributed by atoms with Crippen LogP contribution in [0.25, 0.3) is 0 Å². The highest BCUT2D eigenvalue weighted by Crippen LogP contribution is 2.22. The molecule has 0 aliphatic rings. The average Bonchev–Trinajstić information content (AvgIpc) is 2.61. The lowest BCUT2D eigenvalue weighted by atomic mass is 9.96. The summed E-state index contributed by atoms with van der Waals surface area (Å²) in [5, 5.41) is 4.13. The van der Waals surface area contributed by atoms with Gasteiger partial charge < -0.3 is 11.1 Å². The third-order valence-electron chi connectivity index (χ3n) is 2.39. The summed E-state index contributed by atoms with van der Waals surface area (Å²) < 4.78 is 4.35. The molecule has 0 saturated heterocycles. The quantitative estimate of drug-likeness (QED) is 0.850. The van der Waals surface area contributed by atoms with E-state index in [-0.39, 0.29) is 11.5 Å². The predicted molar refractivity (Wildman–Crippen MR) is 74.5 cm³/mol. The molecule has 0 aliphatic heterocycles. The summed E-state index contributed by atoms with van der Waals surface area (Å²) >= 11 is 1.41. The Hall–Kier alpha value is -0.680. The maximum atomic E-state index is 6.01. The van der Waals surface area contributed by atoms with Gasteiger partial charge in [-0.15, -0.1) is 0 Å². The molecule has 4 nitrogen and oxygen atoms in total. The molecule has 1 aromatic rings. The molecule has 0 aliphatic carbocycles. The second-order valence-corrected chi connectivity index (χ2v) is 6.70. The summed E-state index contributed by atoms with van der Waals surface area (Å²) in [5.74, 6) is 1.52. The van der Waals surface area contributed by atoms with Gasteiger partial charge in [-0.1, -0.05) is 34.6 Å². The molecule has 0 saturated carbocycles. The number of anilines is 1. The van der Waals surface area contributed by atoms with Crippen molar-refractivity contribution < 1.29 is 0 Å². The lowest BCUT2D eigenvalue weighted by molar-refractivity contribution is 0.508. The minimum absolute atomic E-state index is 0.0104. The third kappa shape index (κ3) is 5.00. The molecule has 0 aromatic carbocycles. The van der Waals surface area contributed by atoms with Crippen molar-refractivity contribution in [3.05, 3.63) is 5.82 Å². The van der Waals surface area contributed by atoms with Crippen LogP contribution in [-0.4, -0.2) is 21.9 Å². The second-order valence-electron chi connectivity index (χ2n) is 5.94. The molecule has 1 atom stereocenters. The van der Waals surface area contributed by atoms with Gasteiger partial charge in [-0.3, -0.25) is 0 Å². The van der Waals surface area contributed by atoms with Crippen LogP contribution < -0.4 is 11.1 Å². The van der Waals surface area contributed by atoms with E-state index in [4.69, 9.17) is 5.73 Å². The van der Waals surface area contributed by atoms with Crippen LogP contribution in [0.15, 0.2) is 0 Å². The molecule has 0 spiro atoms. The number of nitrogens with two attached hydrogens (primary N) is 1. The number of hydrogen-bond acceptors (Lipinski definition) is 5. The number of rotatable bonds is 5. The van der Waals surface area contributed by atoms with Gasteiger partial charge in [0.2, 0.25) is 5.13 Å². The minimum Gasteiger partial charge on any atom is -0.359 e. The zero-order valence-electron chi connectivity index (χ0n) is 11.4.